The average molecular weight is 249 g/mol. The molecule has 4 nitrogen and oxygen atoms in total. The maximum Gasteiger partial charge on any atom is 0.252 e. The molecule has 3 N–H and O–H groups in total. The molecule has 0 saturated carbocycles. The van der Waals surface area contributed by atoms with Gasteiger partial charge in [0.2, 0.25) is 0 Å². The van der Waals surface area contributed by atoms with Crippen LogP contribution in [0.2, 0.25) is 0 Å². The number of nitrogens with one attached hydrogen (secondary N) is 1. The van der Waals surface area contributed by atoms with Crippen LogP contribution in [0.25, 0.3) is 0 Å². The van der Waals surface area contributed by atoms with E-state index in [2.05, 4.69) is 17.2 Å². The van der Waals surface area contributed by atoms with Gasteiger partial charge in [-0.25, -0.2) is 0 Å². The molecular weight excluding hydrogens is 226 g/mol. The van der Waals surface area contributed by atoms with Crippen LogP contribution in [0.1, 0.15) is 42.2 Å². The summed E-state index contributed by atoms with van der Waals surface area (Å²) in [5.74, 6) is 0.419. The topological polar surface area (TPSA) is 68.0 Å². The molecule has 0 saturated heterocycles. The molecule has 100 valence electrons. The highest BCUT2D eigenvalue weighted by molar-refractivity contribution is 5.93. The van der Waals surface area contributed by atoms with Crippen molar-refractivity contribution in [2.75, 3.05) is 13.1 Å². The van der Waals surface area contributed by atoms with Gasteiger partial charge in [0, 0.05) is 18.4 Å². The number of hydrogen-bond donors (Lipinski definition) is 2. The molecule has 1 amide bonds. The third kappa shape index (κ3) is 4.84. The van der Waals surface area contributed by atoms with Crippen LogP contribution in [0.5, 0.6) is 0 Å². The highest BCUT2D eigenvalue weighted by atomic mass is 16.1. The lowest BCUT2D eigenvalue weighted by Crippen LogP contribution is -2.30. The van der Waals surface area contributed by atoms with Gasteiger partial charge in [-0.3, -0.25) is 9.78 Å². The Morgan fingerprint density at radius 3 is 2.78 bits per heavy atom. The van der Waals surface area contributed by atoms with Crippen LogP contribution in [0, 0.1) is 12.8 Å². The van der Waals surface area contributed by atoms with Crippen LogP contribution >= 0.6 is 0 Å². The van der Waals surface area contributed by atoms with E-state index in [9.17, 15) is 4.79 Å². The minimum Gasteiger partial charge on any atom is -0.352 e. The third-order valence-corrected chi connectivity index (χ3v) is 3.00. The van der Waals surface area contributed by atoms with E-state index in [1.54, 1.807) is 12.3 Å². The number of amides is 1. The molecule has 1 rings (SSSR count). The zero-order chi connectivity index (χ0) is 13.4. The van der Waals surface area contributed by atoms with Crippen molar-refractivity contribution in [3.8, 4) is 0 Å². The molecule has 0 spiro atoms. The second-order valence-corrected chi connectivity index (χ2v) is 4.63. The van der Waals surface area contributed by atoms with Crippen molar-refractivity contribution in [3.05, 3.63) is 29.6 Å². The van der Waals surface area contributed by atoms with Crippen molar-refractivity contribution in [1.29, 1.82) is 0 Å². The normalized spacial score (nSPS) is 12.2. The van der Waals surface area contributed by atoms with Crippen molar-refractivity contribution in [1.82, 2.24) is 10.3 Å². The minimum absolute atomic E-state index is 0.0550. The van der Waals surface area contributed by atoms with E-state index in [4.69, 9.17) is 5.73 Å². The number of carbonyl (C=O) groups is 1. The predicted octanol–water partition coefficient (Wildman–Crippen LogP) is 1.88. The number of aryl methyl sites for hydroxylation is 1. The summed E-state index contributed by atoms with van der Waals surface area (Å²) in [4.78, 5) is 16.0. The molecule has 1 aromatic heterocycles. The van der Waals surface area contributed by atoms with E-state index in [1.165, 1.54) is 0 Å². The van der Waals surface area contributed by atoms with Crippen LogP contribution in [-0.4, -0.2) is 24.0 Å². The van der Waals surface area contributed by atoms with E-state index in [1.807, 2.05) is 13.0 Å². The summed E-state index contributed by atoms with van der Waals surface area (Å²) in [6, 6.07) is 3.65. The Morgan fingerprint density at radius 2 is 2.22 bits per heavy atom. The van der Waals surface area contributed by atoms with Gasteiger partial charge < -0.3 is 11.1 Å². The fourth-order valence-electron chi connectivity index (χ4n) is 1.93. The van der Waals surface area contributed by atoms with Gasteiger partial charge in [-0.1, -0.05) is 13.3 Å². The summed E-state index contributed by atoms with van der Waals surface area (Å²) in [5.41, 5.74) is 7.10. The van der Waals surface area contributed by atoms with E-state index in [0.29, 0.717) is 24.6 Å². The Bertz CT molecular complexity index is 356. The molecule has 0 fully saturated rings. The average Bonchev–Trinajstić information content (AvgIpc) is 2.37. The predicted molar refractivity (Wildman–Crippen MR) is 73.4 cm³/mol. The first kappa shape index (κ1) is 14.6. The van der Waals surface area contributed by atoms with Crippen molar-refractivity contribution in [2.24, 2.45) is 11.7 Å². The molecule has 0 aliphatic carbocycles. The van der Waals surface area contributed by atoms with Crippen LogP contribution in [0.15, 0.2) is 18.3 Å². The summed E-state index contributed by atoms with van der Waals surface area (Å²) < 4.78 is 0. The molecule has 0 aliphatic rings. The second-order valence-electron chi connectivity index (χ2n) is 4.63. The first-order chi connectivity index (χ1) is 8.67. The molecule has 0 aliphatic heterocycles. The summed E-state index contributed by atoms with van der Waals surface area (Å²) >= 11 is 0. The standard InChI is InChI=1S/C14H23N3O/c1-3-4-12(7-8-15)9-17-14(18)13-6-5-11(2)16-10-13/h5-6,10,12H,3-4,7-9,15H2,1-2H3,(H,17,18). The highest BCUT2D eigenvalue weighted by Crippen LogP contribution is 2.09. The molecular formula is C14H23N3O. The number of pyridine rings is 1. The first-order valence-electron chi connectivity index (χ1n) is 6.58. The number of nitrogens with two attached hydrogens (primary N) is 1. The molecule has 0 bridgehead atoms. The third-order valence-electron chi connectivity index (χ3n) is 3.00. The van der Waals surface area contributed by atoms with Crippen LogP contribution < -0.4 is 11.1 Å². The zero-order valence-corrected chi connectivity index (χ0v) is 11.3. The molecule has 1 heterocycles. The monoisotopic (exact) mass is 249 g/mol. The summed E-state index contributed by atoms with van der Waals surface area (Å²) in [6.07, 6.45) is 4.79. The van der Waals surface area contributed by atoms with Crippen molar-refractivity contribution in [3.63, 3.8) is 0 Å². The molecule has 1 unspecified atom stereocenters. The van der Waals surface area contributed by atoms with Gasteiger partial charge in [0.05, 0.1) is 5.56 Å². The fraction of sp³-hybridized carbons (Fsp3) is 0.571. The summed E-state index contributed by atoms with van der Waals surface area (Å²) in [6.45, 7) is 5.42. The quantitative estimate of drug-likeness (QED) is 0.775. The smallest absolute Gasteiger partial charge is 0.252 e. The number of aromatic nitrogens is 1. The molecule has 1 aromatic rings. The number of carbonyl (C=O) groups excluding carboxylic acids is 1. The maximum atomic E-state index is 11.9. The SMILES string of the molecule is CCCC(CCN)CNC(=O)c1ccc(C)nc1. The van der Waals surface area contributed by atoms with Crippen LogP contribution in [0.3, 0.4) is 0 Å². The first-order valence-corrected chi connectivity index (χ1v) is 6.58. The highest BCUT2D eigenvalue weighted by Gasteiger charge is 2.10. The molecule has 0 radical (unpaired) electrons. The Kier molecular flexibility index (Phi) is 6.36. The lowest BCUT2D eigenvalue weighted by Gasteiger charge is -2.15. The zero-order valence-electron chi connectivity index (χ0n) is 11.3. The lowest BCUT2D eigenvalue weighted by atomic mass is 10.00. The molecule has 18 heavy (non-hydrogen) atoms. The van der Waals surface area contributed by atoms with E-state index in [-0.39, 0.29) is 5.91 Å². The van der Waals surface area contributed by atoms with E-state index in [0.717, 1.165) is 25.0 Å². The van der Waals surface area contributed by atoms with Crippen LogP contribution in [0.4, 0.5) is 0 Å². The molecule has 4 heteroatoms. The van der Waals surface area contributed by atoms with Crippen molar-refractivity contribution < 1.29 is 4.79 Å². The summed E-state index contributed by atoms with van der Waals surface area (Å²) in [7, 11) is 0. The Hall–Kier alpha value is -1.42. The lowest BCUT2D eigenvalue weighted by molar-refractivity contribution is 0.0945. The number of rotatable bonds is 7. The van der Waals surface area contributed by atoms with Gasteiger partial charge in [-0.2, -0.15) is 0 Å². The maximum absolute atomic E-state index is 11.9. The second kappa shape index (κ2) is 7.82. The van der Waals surface area contributed by atoms with Gasteiger partial charge in [0.25, 0.3) is 5.91 Å². The van der Waals surface area contributed by atoms with Gasteiger partial charge >= 0.3 is 0 Å². The van der Waals surface area contributed by atoms with E-state index < -0.39 is 0 Å². The van der Waals surface area contributed by atoms with Gasteiger partial charge in [-0.05, 0) is 44.4 Å². The van der Waals surface area contributed by atoms with Crippen LogP contribution in [-0.2, 0) is 0 Å². The molecule has 0 aromatic carbocycles. The van der Waals surface area contributed by atoms with Gasteiger partial charge in [0.1, 0.15) is 0 Å². The number of hydrogen-bond acceptors (Lipinski definition) is 3. The number of nitrogens with zero attached hydrogens (tertiary/aromatic N) is 1. The Labute approximate surface area is 109 Å². The van der Waals surface area contributed by atoms with Gasteiger partial charge in [-0.15, -0.1) is 0 Å². The summed E-state index contributed by atoms with van der Waals surface area (Å²) in [5, 5.41) is 2.95. The minimum atomic E-state index is -0.0550. The Balaban J connectivity index is 2.46. The largest absolute Gasteiger partial charge is 0.352 e. The van der Waals surface area contributed by atoms with Crippen molar-refractivity contribution in [2.45, 2.75) is 33.1 Å². The van der Waals surface area contributed by atoms with Gasteiger partial charge in [0.15, 0.2) is 0 Å². The van der Waals surface area contributed by atoms with E-state index >= 15 is 0 Å². The Morgan fingerprint density at radius 1 is 1.44 bits per heavy atom. The molecule has 1 atom stereocenters. The fourth-order valence-corrected chi connectivity index (χ4v) is 1.93. The van der Waals surface area contributed by atoms with Crippen molar-refractivity contribution >= 4 is 5.91 Å².